The molecule has 4 nitrogen and oxygen atoms in total. The minimum atomic E-state index is 0.576. The summed E-state index contributed by atoms with van der Waals surface area (Å²) >= 11 is 0. The van der Waals surface area contributed by atoms with E-state index in [-0.39, 0.29) is 0 Å². The van der Waals surface area contributed by atoms with Crippen LogP contribution < -0.4 is 4.90 Å². The van der Waals surface area contributed by atoms with E-state index in [1.165, 1.54) is 0 Å². The lowest BCUT2D eigenvalue weighted by Crippen LogP contribution is -2.49. The molecular formula is C17H20N4. The molecule has 2 heterocycles. The molecule has 1 fully saturated rings. The van der Waals surface area contributed by atoms with Crippen LogP contribution in [0, 0.1) is 11.3 Å². The van der Waals surface area contributed by atoms with E-state index in [0.717, 1.165) is 42.9 Å². The zero-order chi connectivity index (χ0) is 14.8. The number of aromatic nitrogens is 1. The number of pyridine rings is 1. The van der Waals surface area contributed by atoms with Gasteiger partial charge in [0.2, 0.25) is 0 Å². The number of piperazine rings is 1. The fraction of sp³-hybridized carbons (Fsp3) is 0.412. The highest BCUT2D eigenvalue weighted by atomic mass is 15.3. The summed E-state index contributed by atoms with van der Waals surface area (Å²) in [5.41, 5.74) is 1.63. The van der Waals surface area contributed by atoms with Gasteiger partial charge in [-0.15, -0.1) is 0 Å². The Balaban J connectivity index is 1.92. The summed E-state index contributed by atoms with van der Waals surface area (Å²) in [4.78, 5) is 9.43. The third-order valence-corrected chi connectivity index (χ3v) is 4.17. The normalized spacial score (nSPS) is 16.4. The SMILES string of the molecule is CC(C)N1CCN(c2nc3ccccc3cc2C#N)CC1. The lowest BCUT2D eigenvalue weighted by Gasteiger charge is -2.37. The van der Waals surface area contributed by atoms with Crippen molar-refractivity contribution in [2.24, 2.45) is 0 Å². The molecule has 3 rings (SSSR count). The summed E-state index contributed by atoms with van der Waals surface area (Å²) in [6.07, 6.45) is 0. The van der Waals surface area contributed by atoms with Crippen LogP contribution in [0.2, 0.25) is 0 Å². The third-order valence-electron chi connectivity index (χ3n) is 4.17. The van der Waals surface area contributed by atoms with Crippen molar-refractivity contribution in [2.45, 2.75) is 19.9 Å². The summed E-state index contributed by atoms with van der Waals surface area (Å²) in [5.74, 6) is 0.833. The van der Waals surface area contributed by atoms with Gasteiger partial charge in [-0.1, -0.05) is 18.2 Å². The van der Waals surface area contributed by atoms with Gasteiger partial charge in [-0.25, -0.2) is 4.98 Å². The van der Waals surface area contributed by atoms with Crippen LogP contribution in [0.3, 0.4) is 0 Å². The van der Waals surface area contributed by atoms with Gasteiger partial charge in [-0.3, -0.25) is 4.90 Å². The number of nitrogens with zero attached hydrogens (tertiary/aromatic N) is 4. The van der Waals surface area contributed by atoms with Gasteiger partial charge in [0.25, 0.3) is 0 Å². The van der Waals surface area contributed by atoms with Crippen LogP contribution in [0.15, 0.2) is 30.3 Å². The second-order valence-corrected chi connectivity index (χ2v) is 5.78. The third kappa shape index (κ3) is 2.70. The zero-order valence-electron chi connectivity index (χ0n) is 12.6. The molecule has 1 saturated heterocycles. The summed E-state index contributed by atoms with van der Waals surface area (Å²) in [6.45, 7) is 8.36. The number of fused-ring (bicyclic) bond motifs is 1. The minimum Gasteiger partial charge on any atom is -0.353 e. The molecule has 1 aromatic carbocycles. The van der Waals surface area contributed by atoms with Crippen LogP contribution in [0.1, 0.15) is 19.4 Å². The van der Waals surface area contributed by atoms with Crippen LogP contribution in [0.25, 0.3) is 10.9 Å². The van der Waals surface area contributed by atoms with E-state index < -0.39 is 0 Å². The molecule has 0 spiro atoms. The molecule has 0 aliphatic carbocycles. The molecule has 0 radical (unpaired) electrons. The number of hydrogen-bond donors (Lipinski definition) is 0. The fourth-order valence-electron chi connectivity index (χ4n) is 2.88. The van der Waals surface area contributed by atoms with Crippen molar-refractivity contribution in [3.63, 3.8) is 0 Å². The highest BCUT2D eigenvalue weighted by Crippen LogP contribution is 2.24. The van der Waals surface area contributed by atoms with Crippen molar-refractivity contribution >= 4 is 16.7 Å². The molecule has 1 aliphatic rings. The van der Waals surface area contributed by atoms with Crippen LogP contribution in [-0.2, 0) is 0 Å². The van der Waals surface area contributed by atoms with E-state index >= 15 is 0 Å². The molecule has 1 aliphatic heterocycles. The largest absolute Gasteiger partial charge is 0.353 e. The maximum absolute atomic E-state index is 9.42. The highest BCUT2D eigenvalue weighted by Gasteiger charge is 2.22. The molecule has 0 saturated carbocycles. The first-order valence-corrected chi connectivity index (χ1v) is 7.48. The molecule has 0 N–H and O–H groups in total. The van der Waals surface area contributed by atoms with Gasteiger partial charge < -0.3 is 4.90 Å². The minimum absolute atomic E-state index is 0.576. The average Bonchev–Trinajstić information content (AvgIpc) is 2.53. The lowest BCUT2D eigenvalue weighted by atomic mass is 10.1. The Morgan fingerprint density at radius 2 is 1.86 bits per heavy atom. The molecule has 2 aromatic rings. The van der Waals surface area contributed by atoms with E-state index in [2.05, 4.69) is 29.7 Å². The first kappa shape index (κ1) is 13.8. The monoisotopic (exact) mass is 280 g/mol. The number of benzene rings is 1. The van der Waals surface area contributed by atoms with Gasteiger partial charge >= 0.3 is 0 Å². The van der Waals surface area contributed by atoms with E-state index in [4.69, 9.17) is 4.98 Å². The summed E-state index contributed by atoms with van der Waals surface area (Å²) in [6, 6.07) is 12.8. The Morgan fingerprint density at radius 3 is 2.52 bits per heavy atom. The Bertz CT molecular complexity index is 679. The standard InChI is InChI=1S/C17H20N4/c1-13(2)20-7-9-21(10-8-20)17-15(12-18)11-14-5-3-4-6-16(14)19-17/h3-6,11,13H,7-10H2,1-2H3. The molecular weight excluding hydrogens is 260 g/mol. The first-order valence-electron chi connectivity index (χ1n) is 7.48. The number of hydrogen-bond acceptors (Lipinski definition) is 4. The van der Waals surface area contributed by atoms with Crippen molar-refractivity contribution in [1.29, 1.82) is 5.26 Å². The van der Waals surface area contributed by atoms with Crippen molar-refractivity contribution in [3.8, 4) is 6.07 Å². The number of rotatable bonds is 2. The molecule has 0 amide bonds. The fourth-order valence-corrected chi connectivity index (χ4v) is 2.88. The van der Waals surface area contributed by atoms with Gasteiger partial charge in [0.15, 0.2) is 0 Å². The number of nitriles is 1. The molecule has 0 bridgehead atoms. The van der Waals surface area contributed by atoms with Crippen LogP contribution in [0.4, 0.5) is 5.82 Å². The molecule has 0 unspecified atom stereocenters. The van der Waals surface area contributed by atoms with Crippen molar-refractivity contribution in [1.82, 2.24) is 9.88 Å². The Kier molecular flexibility index (Phi) is 3.76. The van der Waals surface area contributed by atoms with E-state index in [1.807, 2.05) is 30.3 Å². The van der Waals surface area contributed by atoms with Crippen LogP contribution >= 0.6 is 0 Å². The number of para-hydroxylation sites is 1. The lowest BCUT2D eigenvalue weighted by molar-refractivity contribution is 0.209. The Morgan fingerprint density at radius 1 is 1.14 bits per heavy atom. The second-order valence-electron chi connectivity index (χ2n) is 5.78. The second kappa shape index (κ2) is 5.71. The summed E-state index contributed by atoms with van der Waals surface area (Å²) in [7, 11) is 0. The van der Waals surface area contributed by atoms with Gasteiger partial charge in [-0.2, -0.15) is 5.26 Å². The van der Waals surface area contributed by atoms with Crippen molar-refractivity contribution < 1.29 is 0 Å². The highest BCUT2D eigenvalue weighted by molar-refractivity contribution is 5.83. The average molecular weight is 280 g/mol. The topological polar surface area (TPSA) is 43.2 Å². The van der Waals surface area contributed by atoms with E-state index in [0.29, 0.717) is 11.6 Å². The van der Waals surface area contributed by atoms with Gasteiger partial charge in [0, 0.05) is 37.6 Å². The van der Waals surface area contributed by atoms with Crippen molar-refractivity contribution in [2.75, 3.05) is 31.1 Å². The molecule has 108 valence electrons. The van der Waals surface area contributed by atoms with Crippen LogP contribution in [0.5, 0.6) is 0 Å². The van der Waals surface area contributed by atoms with Gasteiger partial charge in [0.1, 0.15) is 11.9 Å². The smallest absolute Gasteiger partial charge is 0.147 e. The summed E-state index contributed by atoms with van der Waals surface area (Å²) < 4.78 is 0. The maximum atomic E-state index is 9.42. The van der Waals surface area contributed by atoms with E-state index in [1.54, 1.807) is 0 Å². The molecule has 21 heavy (non-hydrogen) atoms. The zero-order valence-corrected chi connectivity index (χ0v) is 12.6. The van der Waals surface area contributed by atoms with Gasteiger partial charge in [0.05, 0.1) is 11.1 Å². The van der Waals surface area contributed by atoms with Crippen molar-refractivity contribution in [3.05, 3.63) is 35.9 Å². The first-order chi connectivity index (χ1) is 10.2. The summed E-state index contributed by atoms with van der Waals surface area (Å²) in [5, 5.41) is 10.4. The molecule has 1 aromatic heterocycles. The predicted molar refractivity (Wildman–Crippen MR) is 85.4 cm³/mol. The Labute approximate surface area is 125 Å². The van der Waals surface area contributed by atoms with Crippen LogP contribution in [-0.4, -0.2) is 42.1 Å². The Hall–Kier alpha value is -2.12. The molecule has 4 heteroatoms. The van der Waals surface area contributed by atoms with E-state index in [9.17, 15) is 5.26 Å². The molecule has 0 atom stereocenters. The number of anilines is 1. The van der Waals surface area contributed by atoms with Gasteiger partial charge in [-0.05, 0) is 26.0 Å². The predicted octanol–water partition coefficient (Wildman–Crippen LogP) is 2.64. The maximum Gasteiger partial charge on any atom is 0.147 e. The quantitative estimate of drug-likeness (QED) is 0.848.